The lowest BCUT2D eigenvalue weighted by molar-refractivity contribution is -0.384. The molecule has 0 bridgehead atoms. The van der Waals surface area contributed by atoms with Crippen molar-refractivity contribution in [2.75, 3.05) is 5.32 Å². The van der Waals surface area contributed by atoms with E-state index in [4.69, 9.17) is 5.11 Å². The van der Waals surface area contributed by atoms with Gasteiger partial charge in [-0.3, -0.25) is 14.8 Å². The van der Waals surface area contributed by atoms with Crippen molar-refractivity contribution in [3.8, 4) is 0 Å². The van der Waals surface area contributed by atoms with Gasteiger partial charge >= 0.3 is 11.7 Å². The van der Waals surface area contributed by atoms with Crippen LogP contribution in [0.5, 0.6) is 0 Å². The number of hydrogen-bond acceptors (Lipinski definition) is 5. The van der Waals surface area contributed by atoms with E-state index in [-0.39, 0.29) is 11.3 Å². The van der Waals surface area contributed by atoms with Gasteiger partial charge in [-0.1, -0.05) is 6.07 Å². The molecule has 0 aliphatic rings. The fraction of sp³-hybridized carbons (Fsp3) is 0.167. The molecular weight excluding hydrogens is 264 g/mol. The van der Waals surface area contributed by atoms with Crippen LogP contribution in [0.1, 0.15) is 15.9 Å². The van der Waals surface area contributed by atoms with E-state index in [1.54, 1.807) is 24.1 Å². The number of carboxylic acid groups (broad SMARTS) is 1. The second-order valence-electron chi connectivity index (χ2n) is 4.14. The van der Waals surface area contributed by atoms with Crippen molar-refractivity contribution < 1.29 is 14.8 Å². The van der Waals surface area contributed by atoms with Crippen molar-refractivity contribution >= 4 is 17.3 Å². The molecule has 20 heavy (non-hydrogen) atoms. The monoisotopic (exact) mass is 276 g/mol. The van der Waals surface area contributed by atoms with Gasteiger partial charge in [0.1, 0.15) is 11.3 Å². The van der Waals surface area contributed by atoms with E-state index in [1.807, 2.05) is 0 Å². The van der Waals surface area contributed by atoms with Crippen LogP contribution in [-0.2, 0) is 13.6 Å². The van der Waals surface area contributed by atoms with E-state index >= 15 is 0 Å². The van der Waals surface area contributed by atoms with Crippen molar-refractivity contribution in [2.45, 2.75) is 6.54 Å². The minimum absolute atomic E-state index is 0.166. The minimum atomic E-state index is -1.33. The van der Waals surface area contributed by atoms with Crippen LogP contribution in [-0.4, -0.2) is 25.8 Å². The number of carbonyl (C=O) groups is 1. The maximum atomic E-state index is 11.0. The number of para-hydroxylation sites is 1. The summed E-state index contributed by atoms with van der Waals surface area (Å²) in [6, 6.07) is 4.14. The maximum absolute atomic E-state index is 11.0. The zero-order valence-corrected chi connectivity index (χ0v) is 10.6. The smallest absolute Gasteiger partial charge is 0.342 e. The summed E-state index contributed by atoms with van der Waals surface area (Å²) in [6.45, 7) is 0.317. The van der Waals surface area contributed by atoms with Crippen LogP contribution >= 0.6 is 0 Å². The molecule has 8 heteroatoms. The zero-order valence-electron chi connectivity index (χ0n) is 10.6. The van der Waals surface area contributed by atoms with E-state index in [2.05, 4.69) is 10.4 Å². The number of nitrogens with zero attached hydrogens (tertiary/aromatic N) is 3. The number of anilines is 1. The molecule has 0 aliphatic carbocycles. The number of hydrogen-bond donors (Lipinski definition) is 2. The van der Waals surface area contributed by atoms with Gasteiger partial charge in [0.15, 0.2) is 0 Å². The summed E-state index contributed by atoms with van der Waals surface area (Å²) in [5, 5.41) is 26.9. The SMILES string of the molecule is Cn1cc(CNc2cccc(C(=O)O)c2[N+](=O)[O-])cn1. The summed E-state index contributed by atoms with van der Waals surface area (Å²) in [7, 11) is 1.76. The molecule has 0 atom stereocenters. The Kier molecular flexibility index (Phi) is 3.65. The lowest BCUT2D eigenvalue weighted by atomic mass is 10.1. The molecule has 0 aliphatic heterocycles. The highest BCUT2D eigenvalue weighted by molar-refractivity contribution is 5.95. The molecule has 0 unspecified atom stereocenters. The number of benzene rings is 1. The Labute approximate surface area is 113 Å². The third-order valence-corrected chi connectivity index (χ3v) is 2.69. The maximum Gasteiger partial charge on any atom is 0.342 e. The Hall–Kier alpha value is -2.90. The molecular formula is C12H12N4O4. The molecule has 0 amide bonds. The average Bonchev–Trinajstić information content (AvgIpc) is 2.81. The Bertz CT molecular complexity index is 665. The van der Waals surface area contributed by atoms with Crippen molar-refractivity contribution in [3.63, 3.8) is 0 Å². The molecule has 0 saturated carbocycles. The highest BCUT2D eigenvalue weighted by Gasteiger charge is 2.23. The molecule has 2 N–H and O–H groups in total. The van der Waals surface area contributed by atoms with Crippen LogP contribution in [0.15, 0.2) is 30.6 Å². The van der Waals surface area contributed by atoms with Gasteiger partial charge in [0, 0.05) is 25.4 Å². The number of nitro benzene ring substituents is 1. The summed E-state index contributed by atoms with van der Waals surface area (Å²) >= 11 is 0. The van der Waals surface area contributed by atoms with E-state index in [1.165, 1.54) is 18.2 Å². The van der Waals surface area contributed by atoms with Gasteiger partial charge in [0.25, 0.3) is 0 Å². The molecule has 0 saturated heterocycles. The van der Waals surface area contributed by atoms with Crippen molar-refractivity contribution in [2.24, 2.45) is 7.05 Å². The zero-order chi connectivity index (χ0) is 14.7. The number of carboxylic acids is 1. The first kappa shape index (κ1) is 13.5. The van der Waals surface area contributed by atoms with Gasteiger partial charge < -0.3 is 10.4 Å². The molecule has 2 aromatic rings. The van der Waals surface area contributed by atoms with Crippen LogP contribution in [0, 0.1) is 10.1 Å². The molecule has 1 heterocycles. The van der Waals surface area contributed by atoms with E-state index in [9.17, 15) is 14.9 Å². The first-order chi connectivity index (χ1) is 9.49. The Morgan fingerprint density at radius 1 is 1.55 bits per heavy atom. The van der Waals surface area contributed by atoms with Crippen LogP contribution in [0.4, 0.5) is 11.4 Å². The Morgan fingerprint density at radius 3 is 2.85 bits per heavy atom. The lowest BCUT2D eigenvalue weighted by Crippen LogP contribution is -2.07. The van der Waals surface area contributed by atoms with E-state index in [0.29, 0.717) is 6.54 Å². The van der Waals surface area contributed by atoms with Gasteiger partial charge in [-0.05, 0) is 12.1 Å². The summed E-state index contributed by atoms with van der Waals surface area (Å²) in [5.74, 6) is -1.33. The number of rotatable bonds is 5. The van der Waals surface area contributed by atoms with Gasteiger partial charge in [0.2, 0.25) is 0 Å². The quantitative estimate of drug-likeness (QED) is 0.634. The summed E-state index contributed by atoms with van der Waals surface area (Å²) in [5.41, 5.74) is 0.219. The molecule has 1 aromatic heterocycles. The molecule has 104 valence electrons. The van der Waals surface area contributed by atoms with Gasteiger partial charge in [0.05, 0.1) is 11.1 Å². The highest BCUT2D eigenvalue weighted by Crippen LogP contribution is 2.29. The van der Waals surface area contributed by atoms with E-state index < -0.39 is 16.6 Å². The number of nitrogens with one attached hydrogen (secondary N) is 1. The first-order valence-electron chi connectivity index (χ1n) is 5.71. The van der Waals surface area contributed by atoms with E-state index in [0.717, 1.165) is 5.56 Å². The topological polar surface area (TPSA) is 110 Å². The summed E-state index contributed by atoms with van der Waals surface area (Å²) < 4.78 is 1.61. The van der Waals surface area contributed by atoms with Crippen LogP contribution in [0.2, 0.25) is 0 Å². The molecule has 0 radical (unpaired) electrons. The molecule has 8 nitrogen and oxygen atoms in total. The largest absolute Gasteiger partial charge is 0.477 e. The summed E-state index contributed by atoms with van der Waals surface area (Å²) in [4.78, 5) is 21.4. The third kappa shape index (κ3) is 2.74. The summed E-state index contributed by atoms with van der Waals surface area (Å²) in [6.07, 6.45) is 3.39. The normalized spacial score (nSPS) is 10.2. The second kappa shape index (κ2) is 5.39. The van der Waals surface area contributed by atoms with Gasteiger partial charge in [-0.25, -0.2) is 4.79 Å². The minimum Gasteiger partial charge on any atom is -0.477 e. The second-order valence-corrected chi connectivity index (χ2v) is 4.14. The van der Waals surface area contributed by atoms with Gasteiger partial charge in [-0.15, -0.1) is 0 Å². The predicted octanol–water partition coefficient (Wildman–Crippen LogP) is 1.64. The predicted molar refractivity (Wildman–Crippen MR) is 70.6 cm³/mol. The third-order valence-electron chi connectivity index (χ3n) is 2.69. The molecule has 1 aromatic carbocycles. The highest BCUT2D eigenvalue weighted by atomic mass is 16.6. The fourth-order valence-corrected chi connectivity index (χ4v) is 1.82. The van der Waals surface area contributed by atoms with Crippen molar-refractivity contribution in [1.82, 2.24) is 9.78 Å². The molecule has 2 rings (SSSR count). The number of aryl methyl sites for hydroxylation is 1. The number of aromatic nitrogens is 2. The van der Waals surface area contributed by atoms with Crippen LogP contribution < -0.4 is 5.32 Å². The molecule has 0 spiro atoms. The fourth-order valence-electron chi connectivity index (χ4n) is 1.82. The lowest BCUT2D eigenvalue weighted by Gasteiger charge is -2.07. The number of nitro groups is 1. The number of aromatic carboxylic acids is 1. The van der Waals surface area contributed by atoms with Crippen LogP contribution in [0.25, 0.3) is 0 Å². The van der Waals surface area contributed by atoms with Crippen molar-refractivity contribution in [3.05, 3.63) is 51.8 Å². The Balaban J connectivity index is 2.29. The van der Waals surface area contributed by atoms with Gasteiger partial charge in [-0.2, -0.15) is 5.10 Å². The molecule has 0 fully saturated rings. The average molecular weight is 276 g/mol. The van der Waals surface area contributed by atoms with Crippen LogP contribution in [0.3, 0.4) is 0 Å². The Morgan fingerprint density at radius 2 is 2.30 bits per heavy atom. The first-order valence-corrected chi connectivity index (χ1v) is 5.71. The standard InChI is InChI=1S/C12H12N4O4/c1-15-7-8(6-14-15)5-13-10-4-2-3-9(12(17)18)11(10)16(19)20/h2-4,6-7,13H,5H2,1H3,(H,17,18). The van der Waals surface area contributed by atoms with Crippen molar-refractivity contribution in [1.29, 1.82) is 0 Å².